The van der Waals surface area contributed by atoms with Gasteiger partial charge in [-0.25, -0.2) is 0 Å². The smallest absolute Gasteiger partial charge is 0.390 e. The molecule has 0 bridgehead atoms. The van der Waals surface area contributed by atoms with E-state index in [1.165, 1.54) is 0 Å². The van der Waals surface area contributed by atoms with E-state index in [2.05, 4.69) is 15.9 Å². The lowest BCUT2D eigenvalue weighted by Crippen LogP contribution is -2.50. The van der Waals surface area contributed by atoms with Crippen molar-refractivity contribution in [1.82, 2.24) is 0 Å². The molecule has 0 aliphatic carbocycles. The van der Waals surface area contributed by atoms with E-state index < -0.39 is 30.3 Å². The average molecular weight is 316 g/mol. The van der Waals surface area contributed by atoms with Crippen LogP contribution in [0.1, 0.15) is 22.2 Å². The molecule has 0 aliphatic rings. The first kappa shape index (κ1) is 10.3. The van der Waals surface area contributed by atoms with E-state index in [-0.39, 0.29) is 10.0 Å². The molecule has 6 heteroatoms. The Morgan fingerprint density at radius 3 is 2.35 bits per heavy atom. The molecule has 17 heavy (non-hydrogen) atoms. The van der Waals surface area contributed by atoms with Crippen molar-refractivity contribution in [2.45, 2.75) is 31.7 Å². The van der Waals surface area contributed by atoms with Gasteiger partial charge in [-0.15, -0.1) is 0 Å². The van der Waals surface area contributed by atoms with Crippen LogP contribution in [0.15, 0.2) is 22.7 Å². The highest BCUT2D eigenvalue weighted by Gasteiger charge is 2.58. The van der Waals surface area contributed by atoms with Gasteiger partial charge in [-0.2, -0.15) is 13.2 Å². The highest BCUT2D eigenvalue weighted by Crippen LogP contribution is 2.42. The summed E-state index contributed by atoms with van der Waals surface area (Å²) in [6, 6.07) is 2.65. The average Bonchev–Trinajstić information content (AvgIpc) is 2.23. The summed E-state index contributed by atoms with van der Waals surface area (Å²) in [6.45, 7) is -1.70. The number of hydrogen-bond acceptors (Lipinski definition) is 2. The Morgan fingerprint density at radius 1 is 1.41 bits per heavy atom. The molecule has 0 saturated heterocycles. The van der Waals surface area contributed by atoms with Crippen molar-refractivity contribution >= 4 is 15.9 Å². The summed E-state index contributed by atoms with van der Waals surface area (Å²) in [5.41, 5.74) is -4.29. The number of hydrogen-bond donors (Lipinski definition) is 2. The van der Waals surface area contributed by atoms with E-state index in [1.54, 1.807) is 0 Å². The van der Waals surface area contributed by atoms with Crippen molar-refractivity contribution in [2.75, 3.05) is 0 Å². The van der Waals surface area contributed by atoms with Gasteiger partial charge in [0.25, 0.3) is 0 Å². The molecule has 1 aromatic carbocycles. The van der Waals surface area contributed by atoms with Crippen LogP contribution in [0.25, 0.3) is 0 Å². The molecular weight excluding hydrogens is 301 g/mol. The molecule has 2 unspecified atom stereocenters. The predicted molar refractivity (Wildman–Crippen MR) is 60.5 cm³/mol. The van der Waals surface area contributed by atoms with Gasteiger partial charge in [0.1, 0.15) is 0 Å². The maximum Gasteiger partial charge on any atom is 0.424 e. The fraction of sp³-hybridized carbons (Fsp3) is 0.455. The topological polar surface area (TPSA) is 40.5 Å². The van der Waals surface area contributed by atoms with Crippen molar-refractivity contribution in [3.8, 4) is 0 Å². The van der Waals surface area contributed by atoms with Crippen molar-refractivity contribution in [3.05, 3.63) is 33.8 Å². The van der Waals surface area contributed by atoms with Gasteiger partial charge in [-0.05, 0) is 31.0 Å². The zero-order chi connectivity index (χ0) is 15.9. The van der Waals surface area contributed by atoms with Crippen LogP contribution in [-0.2, 0) is 5.60 Å². The molecule has 2 atom stereocenters. The Kier molecular flexibility index (Phi) is 2.79. The fourth-order valence-electron chi connectivity index (χ4n) is 1.39. The summed E-state index contributed by atoms with van der Waals surface area (Å²) in [4.78, 5) is 0. The first-order valence-electron chi connectivity index (χ1n) is 6.09. The molecule has 1 aromatic rings. The van der Waals surface area contributed by atoms with Crippen molar-refractivity contribution in [2.24, 2.45) is 0 Å². The molecule has 0 spiro atoms. The zero-order valence-electron chi connectivity index (χ0n) is 11.7. The molecule has 2 N–H and O–H groups in total. The van der Waals surface area contributed by atoms with E-state index in [0.29, 0.717) is 0 Å². The summed E-state index contributed by atoms with van der Waals surface area (Å²) in [5, 5.41) is 19.1. The van der Waals surface area contributed by atoms with Crippen LogP contribution in [0.5, 0.6) is 0 Å². The molecule has 0 heterocycles. The van der Waals surface area contributed by atoms with Crippen molar-refractivity contribution < 1.29 is 27.5 Å². The second kappa shape index (κ2) is 4.59. The second-order valence-electron chi connectivity index (χ2n) is 3.63. The minimum Gasteiger partial charge on any atom is -0.390 e. The standard InChI is InChI=1S/C11H12BrF3O2/c1-6-3-4-8(5-9(6)12)10(17,7(2)16)11(13,14)15/h3-5,7,16-17H,1-2H3/i1D3. The Hall–Kier alpha value is -0.590. The summed E-state index contributed by atoms with van der Waals surface area (Å²) in [6.07, 6.45) is -7.23. The third-order valence-electron chi connectivity index (χ3n) is 2.45. The van der Waals surface area contributed by atoms with E-state index in [4.69, 9.17) is 4.11 Å². The Labute approximate surface area is 109 Å². The number of aliphatic hydroxyl groups is 2. The second-order valence-corrected chi connectivity index (χ2v) is 4.49. The van der Waals surface area contributed by atoms with E-state index >= 15 is 0 Å². The lowest BCUT2D eigenvalue weighted by Gasteiger charge is -2.33. The van der Waals surface area contributed by atoms with Gasteiger partial charge < -0.3 is 10.2 Å². The van der Waals surface area contributed by atoms with Crippen LogP contribution in [0.2, 0.25) is 0 Å². The van der Waals surface area contributed by atoms with Gasteiger partial charge in [0.2, 0.25) is 5.60 Å². The lowest BCUT2D eigenvalue weighted by atomic mass is 9.88. The van der Waals surface area contributed by atoms with Gasteiger partial charge in [0.15, 0.2) is 0 Å². The van der Waals surface area contributed by atoms with Gasteiger partial charge >= 0.3 is 6.18 Å². The number of aliphatic hydroxyl groups excluding tert-OH is 1. The molecule has 0 fully saturated rings. The first-order chi connectivity index (χ1) is 8.81. The molecule has 0 amide bonds. The van der Waals surface area contributed by atoms with Crippen LogP contribution >= 0.6 is 15.9 Å². The number of halogens is 4. The Bertz CT molecular complexity index is 503. The Balaban J connectivity index is 3.44. The molecule has 2 nitrogen and oxygen atoms in total. The van der Waals surface area contributed by atoms with Gasteiger partial charge in [0, 0.05) is 8.58 Å². The van der Waals surface area contributed by atoms with Crippen LogP contribution in [0.3, 0.4) is 0 Å². The SMILES string of the molecule is [2H]C([2H])([2H])c1ccc(C(O)(C(C)O)C(F)(F)F)cc1Br. The molecule has 0 radical (unpaired) electrons. The maximum atomic E-state index is 13.0. The normalized spacial score (nSPS) is 21.0. The number of benzene rings is 1. The Morgan fingerprint density at radius 2 is 2.00 bits per heavy atom. The number of aryl methyl sites for hydroxylation is 1. The molecular formula is C11H12BrF3O2. The quantitative estimate of drug-likeness (QED) is 0.881. The minimum atomic E-state index is -5.11. The third-order valence-corrected chi connectivity index (χ3v) is 3.10. The van der Waals surface area contributed by atoms with E-state index in [9.17, 15) is 23.4 Å². The van der Waals surface area contributed by atoms with Crippen molar-refractivity contribution in [1.29, 1.82) is 0 Å². The first-order valence-corrected chi connectivity index (χ1v) is 5.38. The largest absolute Gasteiger partial charge is 0.424 e. The van der Waals surface area contributed by atoms with Crippen LogP contribution < -0.4 is 0 Å². The van der Waals surface area contributed by atoms with Crippen molar-refractivity contribution in [3.63, 3.8) is 0 Å². The molecule has 0 aliphatic heterocycles. The third kappa shape index (κ3) is 2.48. The zero-order valence-corrected chi connectivity index (χ0v) is 10.3. The van der Waals surface area contributed by atoms with Gasteiger partial charge in [-0.1, -0.05) is 28.1 Å². The summed E-state index contributed by atoms with van der Waals surface area (Å²) in [5.74, 6) is 0. The predicted octanol–water partition coefficient (Wildman–Crippen LogP) is 2.89. The lowest BCUT2D eigenvalue weighted by molar-refractivity contribution is -0.295. The van der Waals surface area contributed by atoms with Crippen LogP contribution in [0, 0.1) is 6.85 Å². The molecule has 96 valence electrons. The fourth-order valence-corrected chi connectivity index (χ4v) is 1.77. The highest BCUT2D eigenvalue weighted by molar-refractivity contribution is 9.10. The maximum absolute atomic E-state index is 13.0. The number of alkyl halides is 3. The molecule has 0 aromatic heterocycles. The van der Waals surface area contributed by atoms with Gasteiger partial charge in [0.05, 0.1) is 6.10 Å². The highest BCUT2D eigenvalue weighted by atomic mass is 79.9. The number of rotatable bonds is 2. The molecule has 1 rings (SSSR count). The van der Waals surface area contributed by atoms with E-state index in [0.717, 1.165) is 25.1 Å². The molecule has 0 saturated carbocycles. The summed E-state index contributed by atoms with van der Waals surface area (Å²) >= 11 is 2.87. The van der Waals surface area contributed by atoms with Crippen LogP contribution in [0.4, 0.5) is 13.2 Å². The van der Waals surface area contributed by atoms with Gasteiger partial charge in [-0.3, -0.25) is 0 Å². The minimum absolute atomic E-state index is 0.0988. The summed E-state index contributed by atoms with van der Waals surface area (Å²) in [7, 11) is 0. The summed E-state index contributed by atoms with van der Waals surface area (Å²) < 4.78 is 60.5. The van der Waals surface area contributed by atoms with E-state index in [1.807, 2.05) is 0 Å². The monoisotopic (exact) mass is 315 g/mol. The van der Waals surface area contributed by atoms with Crippen LogP contribution in [-0.4, -0.2) is 22.5 Å².